The Morgan fingerprint density at radius 2 is 1.96 bits per heavy atom. The van der Waals surface area contributed by atoms with Gasteiger partial charge in [0.15, 0.2) is 0 Å². The van der Waals surface area contributed by atoms with Crippen molar-refractivity contribution >= 4 is 33.6 Å². The van der Waals surface area contributed by atoms with E-state index in [9.17, 15) is 14.0 Å². The van der Waals surface area contributed by atoms with Crippen molar-refractivity contribution in [2.75, 3.05) is 18.6 Å². The van der Waals surface area contributed by atoms with Crippen molar-refractivity contribution in [3.63, 3.8) is 0 Å². The molecule has 0 heterocycles. The first-order valence-corrected chi connectivity index (χ1v) is 8.29. The molecule has 0 aromatic heterocycles. The number of esters is 1. The highest BCUT2D eigenvalue weighted by molar-refractivity contribution is 9.10. The van der Waals surface area contributed by atoms with Crippen LogP contribution >= 0.6 is 15.9 Å². The number of rotatable bonds is 7. The third-order valence-corrected chi connectivity index (χ3v) is 4.12. The quantitative estimate of drug-likeness (QED) is 0.703. The van der Waals surface area contributed by atoms with Crippen LogP contribution in [0.4, 0.5) is 10.1 Å². The van der Waals surface area contributed by atoms with Gasteiger partial charge in [0.2, 0.25) is 0 Å². The number of carboxylic acid groups (broad SMARTS) is 1. The summed E-state index contributed by atoms with van der Waals surface area (Å²) < 4.78 is 19.7. The molecule has 0 atom stereocenters. The Morgan fingerprint density at radius 3 is 2.60 bits per heavy atom. The molecule has 0 saturated carbocycles. The van der Waals surface area contributed by atoms with Crippen LogP contribution in [0.2, 0.25) is 0 Å². The van der Waals surface area contributed by atoms with E-state index >= 15 is 0 Å². The number of carboxylic acids is 1. The van der Waals surface area contributed by atoms with Crippen LogP contribution in [0.5, 0.6) is 0 Å². The third kappa shape index (κ3) is 5.03. The fourth-order valence-electron chi connectivity index (χ4n) is 2.43. The van der Waals surface area contributed by atoms with Crippen molar-refractivity contribution < 1.29 is 23.8 Å². The normalized spacial score (nSPS) is 10.4. The Hall–Kier alpha value is -2.41. The number of halogens is 2. The summed E-state index contributed by atoms with van der Waals surface area (Å²) in [4.78, 5) is 24.5. The van der Waals surface area contributed by atoms with Gasteiger partial charge in [-0.2, -0.15) is 0 Å². The first-order chi connectivity index (χ1) is 11.9. The summed E-state index contributed by atoms with van der Waals surface area (Å²) in [7, 11) is 1.29. The molecule has 0 aliphatic heterocycles. The van der Waals surface area contributed by atoms with E-state index in [2.05, 4.69) is 15.9 Å². The smallest absolute Gasteiger partial charge is 0.338 e. The molecule has 2 rings (SSSR count). The second kappa shape index (κ2) is 8.62. The zero-order valence-electron chi connectivity index (χ0n) is 13.5. The lowest BCUT2D eigenvalue weighted by Gasteiger charge is -2.25. The van der Waals surface area contributed by atoms with E-state index in [0.29, 0.717) is 15.6 Å². The van der Waals surface area contributed by atoms with E-state index in [1.54, 1.807) is 41.3 Å². The van der Waals surface area contributed by atoms with E-state index in [-0.39, 0.29) is 25.2 Å². The lowest BCUT2D eigenvalue weighted by molar-refractivity contribution is -0.136. The fourth-order valence-corrected chi connectivity index (χ4v) is 2.76. The lowest BCUT2D eigenvalue weighted by atomic mass is 10.1. The van der Waals surface area contributed by atoms with Gasteiger partial charge in [0.05, 0.1) is 24.8 Å². The van der Waals surface area contributed by atoms with Gasteiger partial charge >= 0.3 is 11.9 Å². The first kappa shape index (κ1) is 18.9. The zero-order chi connectivity index (χ0) is 18.4. The molecule has 0 radical (unpaired) electrons. The molecule has 0 aliphatic rings. The van der Waals surface area contributed by atoms with Crippen molar-refractivity contribution in [3.05, 3.63) is 63.9 Å². The largest absolute Gasteiger partial charge is 0.481 e. The van der Waals surface area contributed by atoms with Crippen LogP contribution in [0.1, 0.15) is 22.3 Å². The number of anilines is 1. The van der Waals surface area contributed by atoms with Crippen molar-refractivity contribution in [1.29, 1.82) is 0 Å². The maximum atomic E-state index is 14.3. The highest BCUT2D eigenvalue weighted by Gasteiger charge is 2.18. The van der Waals surface area contributed by atoms with Gasteiger partial charge in [0, 0.05) is 17.6 Å². The summed E-state index contributed by atoms with van der Waals surface area (Å²) in [5.74, 6) is -1.95. The van der Waals surface area contributed by atoms with Crippen LogP contribution in [0.25, 0.3) is 0 Å². The second-order valence-corrected chi connectivity index (χ2v) is 6.23. The lowest BCUT2D eigenvalue weighted by Crippen LogP contribution is -2.27. The maximum Gasteiger partial charge on any atom is 0.338 e. The average Bonchev–Trinajstić information content (AvgIpc) is 2.58. The molecule has 0 fully saturated rings. The molecular formula is C18H17BrFNO4. The standard InChI is InChI=1S/C18H17BrFNO4/c1-25-18(24)14-5-3-2-4-12(14)11-21(9-8-17(22)23)16-7-6-13(19)10-15(16)20/h2-7,10H,8-9,11H2,1H3,(H,22,23). The predicted octanol–water partition coefficient (Wildman–Crippen LogP) is 3.86. The summed E-state index contributed by atoms with van der Waals surface area (Å²) in [5.41, 5.74) is 1.26. The molecule has 2 aromatic carbocycles. The molecule has 2 aromatic rings. The van der Waals surface area contributed by atoms with Gasteiger partial charge in [0.1, 0.15) is 5.82 Å². The van der Waals surface area contributed by atoms with Crippen LogP contribution in [0.3, 0.4) is 0 Å². The molecule has 0 aliphatic carbocycles. The van der Waals surface area contributed by atoms with Crippen LogP contribution < -0.4 is 4.90 Å². The molecule has 132 valence electrons. The summed E-state index contributed by atoms with van der Waals surface area (Å²) in [6.45, 7) is 0.278. The van der Waals surface area contributed by atoms with E-state index < -0.39 is 17.8 Å². The van der Waals surface area contributed by atoms with Gasteiger partial charge in [-0.1, -0.05) is 34.1 Å². The summed E-state index contributed by atoms with van der Waals surface area (Å²) in [5, 5.41) is 8.97. The number of hydrogen-bond acceptors (Lipinski definition) is 4. The number of ether oxygens (including phenoxy) is 1. The van der Waals surface area contributed by atoms with Gasteiger partial charge in [0.25, 0.3) is 0 Å². The Kier molecular flexibility index (Phi) is 6.52. The second-order valence-electron chi connectivity index (χ2n) is 5.31. The van der Waals surface area contributed by atoms with Gasteiger partial charge in [-0.3, -0.25) is 4.79 Å². The number of hydrogen-bond donors (Lipinski definition) is 1. The predicted molar refractivity (Wildman–Crippen MR) is 95.2 cm³/mol. The monoisotopic (exact) mass is 409 g/mol. The third-order valence-electron chi connectivity index (χ3n) is 3.63. The van der Waals surface area contributed by atoms with Crippen LogP contribution in [-0.4, -0.2) is 30.7 Å². The molecule has 0 unspecified atom stereocenters. The number of aliphatic carboxylic acids is 1. The average molecular weight is 410 g/mol. The Labute approximate surface area is 153 Å². The van der Waals surface area contributed by atoms with Crippen LogP contribution in [0.15, 0.2) is 46.9 Å². The fraction of sp³-hybridized carbons (Fsp3) is 0.222. The Bertz CT molecular complexity index is 781. The number of carbonyl (C=O) groups excluding carboxylic acids is 1. The maximum absolute atomic E-state index is 14.3. The summed E-state index contributed by atoms with van der Waals surface area (Å²) >= 11 is 3.20. The van der Waals surface area contributed by atoms with E-state index in [0.717, 1.165) is 0 Å². The van der Waals surface area contributed by atoms with Crippen LogP contribution in [0, 0.1) is 5.82 Å². The highest BCUT2D eigenvalue weighted by Crippen LogP contribution is 2.26. The molecule has 25 heavy (non-hydrogen) atoms. The molecule has 5 nitrogen and oxygen atoms in total. The topological polar surface area (TPSA) is 66.8 Å². The number of benzene rings is 2. The van der Waals surface area contributed by atoms with Crippen LogP contribution in [-0.2, 0) is 16.1 Å². The van der Waals surface area contributed by atoms with Gasteiger partial charge in [-0.25, -0.2) is 9.18 Å². The Morgan fingerprint density at radius 1 is 1.24 bits per heavy atom. The SMILES string of the molecule is COC(=O)c1ccccc1CN(CCC(=O)O)c1ccc(Br)cc1F. The first-order valence-electron chi connectivity index (χ1n) is 7.50. The van der Waals surface area contributed by atoms with E-state index in [1.807, 2.05) is 0 Å². The molecular weight excluding hydrogens is 393 g/mol. The minimum atomic E-state index is -0.983. The molecule has 1 N–H and O–H groups in total. The van der Waals surface area contributed by atoms with Crippen molar-refractivity contribution in [3.8, 4) is 0 Å². The molecule has 0 bridgehead atoms. The Balaban J connectivity index is 2.37. The van der Waals surface area contributed by atoms with E-state index in [1.165, 1.54) is 13.2 Å². The van der Waals surface area contributed by atoms with Gasteiger partial charge < -0.3 is 14.7 Å². The van der Waals surface area contributed by atoms with Crippen molar-refractivity contribution in [2.24, 2.45) is 0 Å². The number of methoxy groups -OCH3 is 1. The molecule has 0 saturated heterocycles. The minimum Gasteiger partial charge on any atom is -0.481 e. The minimum absolute atomic E-state index is 0.101. The molecule has 0 amide bonds. The van der Waals surface area contributed by atoms with Crippen molar-refractivity contribution in [2.45, 2.75) is 13.0 Å². The molecule has 7 heteroatoms. The summed E-state index contributed by atoms with van der Waals surface area (Å²) in [6, 6.07) is 11.4. The number of carbonyl (C=O) groups is 2. The zero-order valence-corrected chi connectivity index (χ0v) is 15.1. The van der Waals surface area contributed by atoms with Gasteiger partial charge in [-0.05, 0) is 29.8 Å². The van der Waals surface area contributed by atoms with E-state index in [4.69, 9.17) is 9.84 Å². The number of nitrogens with zero attached hydrogens (tertiary/aromatic N) is 1. The summed E-state index contributed by atoms with van der Waals surface area (Å²) in [6.07, 6.45) is -0.157. The van der Waals surface area contributed by atoms with Crippen molar-refractivity contribution in [1.82, 2.24) is 0 Å². The van der Waals surface area contributed by atoms with Gasteiger partial charge in [-0.15, -0.1) is 0 Å². The highest BCUT2D eigenvalue weighted by atomic mass is 79.9. The molecule has 0 spiro atoms.